The van der Waals surface area contributed by atoms with E-state index in [4.69, 9.17) is 35.4 Å². The fourth-order valence-corrected chi connectivity index (χ4v) is 3.29. The number of nitrogens with zero attached hydrogens (tertiary/aromatic N) is 1. The van der Waals surface area contributed by atoms with Gasteiger partial charge in [0, 0.05) is 10.0 Å². The van der Waals surface area contributed by atoms with Crippen LogP contribution in [0.5, 0.6) is 0 Å². The van der Waals surface area contributed by atoms with Crippen molar-refractivity contribution in [1.82, 2.24) is 5.32 Å². The highest BCUT2D eigenvalue weighted by molar-refractivity contribution is 7.80. The van der Waals surface area contributed by atoms with E-state index in [-0.39, 0.29) is 10.7 Å². The Hall–Kier alpha value is -2.21. The summed E-state index contributed by atoms with van der Waals surface area (Å²) in [6, 6.07) is 12.3. The molecule has 1 saturated heterocycles. The Labute approximate surface area is 166 Å². The van der Waals surface area contributed by atoms with E-state index < -0.39 is 11.8 Å². The quantitative estimate of drug-likeness (QED) is 0.468. The molecule has 0 radical (unpaired) electrons. The van der Waals surface area contributed by atoms with Gasteiger partial charge in [-0.3, -0.25) is 19.8 Å². The van der Waals surface area contributed by atoms with Crippen LogP contribution in [0.4, 0.5) is 5.69 Å². The van der Waals surface area contributed by atoms with Gasteiger partial charge < -0.3 is 0 Å². The zero-order valence-electron chi connectivity index (χ0n) is 13.8. The monoisotopic (exact) mass is 404 g/mol. The Morgan fingerprint density at radius 2 is 1.81 bits per heavy atom. The minimum atomic E-state index is -0.563. The summed E-state index contributed by atoms with van der Waals surface area (Å²) in [4.78, 5) is 26.5. The van der Waals surface area contributed by atoms with E-state index in [1.165, 1.54) is 11.0 Å². The first kappa shape index (κ1) is 18.6. The topological polar surface area (TPSA) is 49.4 Å². The Kier molecular flexibility index (Phi) is 5.41. The predicted molar refractivity (Wildman–Crippen MR) is 108 cm³/mol. The lowest BCUT2D eigenvalue weighted by Gasteiger charge is -2.29. The number of thiocarbonyl (C=S) groups is 1. The Balaban J connectivity index is 2.00. The molecule has 1 aliphatic heterocycles. The van der Waals surface area contributed by atoms with Crippen molar-refractivity contribution >= 4 is 64.1 Å². The number of halogens is 2. The van der Waals surface area contributed by atoms with Crippen LogP contribution in [0.15, 0.2) is 48.0 Å². The number of carbonyl (C=O) groups is 2. The largest absolute Gasteiger partial charge is 0.298 e. The van der Waals surface area contributed by atoms with Crippen LogP contribution in [0.2, 0.25) is 10.0 Å². The maximum atomic E-state index is 12.9. The second-order valence-corrected chi connectivity index (χ2v) is 6.87. The number of amides is 2. The van der Waals surface area contributed by atoms with Crippen LogP contribution in [0.3, 0.4) is 0 Å². The van der Waals surface area contributed by atoms with Crippen molar-refractivity contribution in [1.29, 1.82) is 0 Å². The fourth-order valence-electron chi connectivity index (χ4n) is 2.55. The van der Waals surface area contributed by atoms with Gasteiger partial charge in [-0.25, -0.2) is 0 Å². The Morgan fingerprint density at radius 3 is 2.42 bits per heavy atom. The number of nitrogens with one attached hydrogen (secondary N) is 1. The molecular weight excluding hydrogens is 391 g/mol. The molecule has 0 atom stereocenters. The number of hydrogen-bond donors (Lipinski definition) is 1. The number of carbonyl (C=O) groups excluding carboxylic acids is 2. The lowest BCUT2D eigenvalue weighted by Crippen LogP contribution is -2.54. The first-order chi connectivity index (χ1) is 12.4. The highest BCUT2D eigenvalue weighted by Gasteiger charge is 2.34. The first-order valence-electron chi connectivity index (χ1n) is 7.86. The minimum absolute atomic E-state index is 0.0450. The Bertz CT molecular complexity index is 939. The van der Waals surface area contributed by atoms with Crippen molar-refractivity contribution in [3.8, 4) is 0 Å². The van der Waals surface area contributed by atoms with Crippen LogP contribution in [-0.2, 0) is 16.0 Å². The lowest BCUT2D eigenvalue weighted by atomic mass is 10.1. The number of aryl methyl sites for hydroxylation is 1. The molecule has 4 nitrogen and oxygen atoms in total. The van der Waals surface area contributed by atoms with Gasteiger partial charge in [-0.05, 0) is 60.1 Å². The molecule has 0 aromatic heterocycles. The summed E-state index contributed by atoms with van der Waals surface area (Å²) in [5.41, 5.74) is 2.19. The molecule has 2 amide bonds. The second kappa shape index (κ2) is 7.58. The van der Waals surface area contributed by atoms with Crippen LogP contribution in [0, 0.1) is 0 Å². The van der Waals surface area contributed by atoms with Gasteiger partial charge in [-0.15, -0.1) is 0 Å². The van der Waals surface area contributed by atoms with Crippen molar-refractivity contribution in [2.45, 2.75) is 13.3 Å². The summed E-state index contributed by atoms with van der Waals surface area (Å²) in [6.07, 6.45) is 2.32. The van der Waals surface area contributed by atoms with Gasteiger partial charge in [0.25, 0.3) is 11.8 Å². The SMILES string of the molecule is CCc1ccc(N2C(=O)/C(=C/c3ccc(Cl)cc3Cl)C(=O)NC2=S)cc1. The van der Waals surface area contributed by atoms with E-state index >= 15 is 0 Å². The number of benzene rings is 2. The number of rotatable bonds is 3. The number of anilines is 1. The average Bonchev–Trinajstić information content (AvgIpc) is 2.60. The molecule has 0 bridgehead atoms. The summed E-state index contributed by atoms with van der Waals surface area (Å²) in [7, 11) is 0. The molecule has 2 aromatic rings. The Morgan fingerprint density at radius 1 is 1.12 bits per heavy atom. The molecule has 2 aromatic carbocycles. The third-order valence-electron chi connectivity index (χ3n) is 3.97. The predicted octanol–water partition coefficient (Wildman–Crippen LogP) is 4.39. The van der Waals surface area contributed by atoms with Crippen molar-refractivity contribution < 1.29 is 9.59 Å². The van der Waals surface area contributed by atoms with E-state index in [2.05, 4.69) is 5.32 Å². The zero-order chi connectivity index (χ0) is 18.8. The average molecular weight is 405 g/mol. The van der Waals surface area contributed by atoms with Gasteiger partial charge >= 0.3 is 0 Å². The molecule has 132 valence electrons. The van der Waals surface area contributed by atoms with Crippen molar-refractivity contribution in [2.75, 3.05) is 4.90 Å². The van der Waals surface area contributed by atoms with E-state index in [0.29, 0.717) is 21.3 Å². The van der Waals surface area contributed by atoms with Crippen LogP contribution >= 0.6 is 35.4 Å². The summed E-state index contributed by atoms with van der Waals surface area (Å²) in [5.74, 6) is -1.07. The lowest BCUT2D eigenvalue weighted by molar-refractivity contribution is -0.122. The maximum Gasteiger partial charge on any atom is 0.270 e. The van der Waals surface area contributed by atoms with Crippen LogP contribution < -0.4 is 10.2 Å². The summed E-state index contributed by atoms with van der Waals surface area (Å²) < 4.78 is 0. The second-order valence-electron chi connectivity index (χ2n) is 5.64. The van der Waals surface area contributed by atoms with Gasteiger partial charge in [0.15, 0.2) is 5.11 Å². The molecule has 1 aliphatic rings. The van der Waals surface area contributed by atoms with Crippen molar-refractivity contribution in [3.05, 3.63) is 69.2 Å². The van der Waals surface area contributed by atoms with Crippen molar-refractivity contribution in [3.63, 3.8) is 0 Å². The van der Waals surface area contributed by atoms with E-state index in [9.17, 15) is 9.59 Å². The summed E-state index contributed by atoms with van der Waals surface area (Å²) in [5, 5.41) is 3.41. The van der Waals surface area contributed by atoms with Gasteiger partial charge in [0.05, 0.1) is 5.69 Å². The smallest absolute Gasteiger partial charge is 0.270 e. The molecule has 26 heavy (non-hydrogen) atoms. The van der Waals surface area contributed by atoms with Crippen LogP contribution in [-0.4, -0.2) is 16.9 Å². The summed E-state index contributed by atoms with van der Waals surface area (Å²) >= 11 is 17.2. The molecule has 0 aliphatic carbocycles. The van der Waals surface area contributed by atoms with Gasteiger partial charge in [0.2, 0.25) is 0 Å². The molecule has 7 heteroatoms. The van der Waals surface area contributed by atoms with E-state index in [1.807, 2.05) is 19.1 Å². The third kappa shape index (κ3) is 3.65. The minimum Gasteiger partial charge on any atom is -0.298 e. The number of hydrogen-bond acceptors (Lipinski definition) is 3. The standard InChI is InChI=1S/C19H14Cl2N2O2S/c1-2-11-3-7-14(8-4-11)23-18(25)15(17(24)22-19(23)26)9-12-5-6-13(20)10-16(12)21/h3-10H,2H2,1H3,(H,22,24,26)/b15-9+. The van der Waals surface area contributed by atoms with Gasteiger partial charge in [-0.2, -0.15) is 0 Å². The van der Waals surface area contributed by atoms with Gasteiger partial charge in [0.1, 0.15) is 5.57 Å². The first-order valence-corrected chi connectivity index (χ1v) is 9.02. The van der Waals surface area contributed by atoms with Gasteiger partial charge in [-0.1, -0.05) is 48.3 Å². The highest BCUT2D eigenvalue weighted by Crippen LogP contribution is 2.26. The zero-order valence-corrected chi connectivity index (χ0v) is 16.1. The molecular formula is C19H14Cl2N2O2S. The fraction of sp³-hybridized carbons (Fsp3) is 0.105. The van der Waals surface area contributed by atoms with Crippen LogP contribution in [0.25, 0.3) is 6.08 Å². The molecule has 0 spiro atoms. The molecule has 1 fully saturated rings. The van der Waals surface area contributed by atoms with Crippen LogP contribution in [0.1, 0.15) is 18.1 Å². The van der Waals surface area contributed by atoms with E-state index in [1.54, 1.807) is 30.3 Å². The van der Waals surface area contributed by atoms with E-state index in [0.717, 1.165) is 12.0 Å². The maximum absolute atomic E-state index is 12.9. The molecule has 1 N–H and O–H groups in total. The molecule has 3 rings (SSSR count). The molecule has 0 saturated carbocycles. The third-order valence-corrected chi connectivity index (χ3v) is 4.81. The normalized spacial score (nSPS) is 16.2. The highest BCUT2D eigenvalue weighted by atomic mass is 35.5. The molecule has 1 heterocycles. The summed E-state index contributed by atoms with van der Waals surface area (Å²) in [6.45, 7) is 2.04. The van der Waals surface area contributed by atoms with Crippen molar-refractivity contribution in [2.24, 2.45) is 0 Å². The molecule has 0 unspecified atom stereocenters.